The number of benzene rings is 1. The largest absolute Gasteiger partial charge is 0.416 e. The number of carbonyl (C=O) groups is 1. The third kappa shape index (κ3) is 4.54. The van der Waals surface area contributed by atoms with Gasteiger partial charge in [0.15, 0.2) is 5.82 Å². The zero-order chi connectivity index (χ0) is 22.1. The van der Waals surface area contributed by atoms with Gasteiger partial charge in [0.2, 0.25) is 0 Å². The molecule has 1 amide bonds. The van der Waals surface area contributed by atoms with Gasteiger partial charge in [-0.1, -0.05) is 18.2 Å². The summed E-state index contributed by atoms with van der Waals surface area (Å²) < 4.78 is 55.1. The van der Waals surface area contributed by atoms with Crippen molar-refractivity contribution in [3.63, 3.8) is 0 Å². The Kier molecular flexibility index (Phi) is 6.27. The molecule has 3 aromatic rings. The van der Waals surface area contributed by atoms with Crippen LogP contribution in [0.5, 0.6) is 0 Å². The molecular formula is C20H20F4N4OS. The minimum absolute atomic E-state index is 0.0362. The molecular weight excluding hydrogens is 420 g/mol. The van der Waals surface area contributed by atoms with E-state index in [0.29, 0.717) is 10.4 Å². The van der Waals surface area contributed by atoms with E-state index in [4.69, 9.17) is 5.73 Å². The number of alkyl halides is 3. The maximum absolute atomic E-state index is 14.0. The van der Waals surface area contributed by atoms with Crippen LogP contribution in [0.1, 0.15) is 25.7 Å². The van der Waals surface area contributed by atoms with Crippen LogP contribution >= 0.6 is 11.3 Å². The van der Waals surface area contributed by atoms with Crippen LogP contribution in [0.25, 0.3) is 11.3 Å². The molecule has 0 aliphatic heterocycles. The van der Waals surface area contributed by atoms with Crippen LogP contribution in [-0.4, -0.2) is 28.3 Å². The maximum atomic E-state index is 14.0. The van der Waals surface area contributed by atoms with E-state index in [1.165, 1.54) is 22.9 Å². The summed E-state index contributed by atoms with van der Waals surface area (Å²) >= 11 is 1.16. The van der Waals surface area contributed by atoms with Gasteiger partial charge in [-0.2, -0.15) is 18.3 Å². The molecule has 1 unspecified atom stereocenters. The van der Waals surface area contributed by atoms with Crippen molar-refractivity contribution in [1.82, 2.24) is 15.1 Å². The van der Waals surface area contributed by atoms with Gasteiger partial charge in [0.1, 0.15) is 5.69 Å². The van der Waals surface area contributed by atoms with Crippen LogP contribution < -0.4 is 11.1 Å². The Morgan fingerprint density at radius 2 is 2.03 bits per heavy atom. The van der Waals surface area contributed by atoms with Crippen LogP contribution in [-0.2, 0) is 19.6 Å². The van der Waals surface area contributed by atoms with Crippen molar-refractivity contribution < 1.29 is 22.4 Å². The molecule has 30 heavy (non-hydrogen) atoms. The molecule has 0 bridgehead atoms. The number of hydrogen-bond acceptors (Lipinski definition) is 4. The fraction of sp³-hybridized carbons (Fsp3) is 0.300. The summed E-state index contributed by atoms with van der Waals surface area (Å²) in [5.41, 5.74) is 5.81. The molecule has 1 aromatic carbocycles. The number of nitrogens with zero attached hydrogens (tertiary/aromatic N) is 2. The first kappa shape index (κ1) is 22.0. The normalized spacial score (nSPS) is 12.8. The van der Waals surface area contributed by atoms with Gasteiger partial charge in [-0.15, -0.1) is 11.3 Å². The topological polar surface area (TPSA) is 72.9 Å². The third-order valence-electron chi connectivity index (χ3n) is 4.70. The van der Waals surface area contributed by atoms with Gasteiger partial charge in [-0.25, -0.2) is 4.39 Å². The highest BCUT2D eigenvalue weighted by atomic mass is 32.1. The molecule has 0 saturated carbocycles. The first-order valence-corrected chi connectivity index (χ1v) is 9.87. The second-order valence-electron chi connectivity index (χ2n) is 6.81. The van der Waals surface area contributed by atoms with Gasteiger partial charge in [0.05, 0.1) is 16.6 Å². The molecule has 0 fully saturated rings. The Balaban J connectivity index is 1.80. The van der Waals surface area contributed by atoms with Gasteiger partial charge in [-0.3, -0.25) is 9.48 Å². The minimum atomic E-state index is -4.49. The van der Waals surface area contributed by atoms with E-state index >= 15 is 0 Å². The van der Waals surface area contributed by atoms with E-state index in [0.717, 1.165) is 28.5 Å². The van der Waals surface area contributed by atoms with Gasteiger partial charge < -0.3 is 11.1 Å². The van der Waals surface area contributed by atoms with Crippen LogP contribution in [0.15, 0.2) is 36.5 Å². The van der Waals surface area contributed by atoms with Crippen molar-refractivity contribution >= 4 is 17.2 Å². The van der Waals surface area contributed by atoms with Crippen LogP contribution in [0.4, 0.5) is 17.6 Å². The summed E-state index contributed by atoms with van der Waals surface area (Å²) in [7, 11) is 1.60. The van der Waals surface area contributed by atoms with E-state index in [9.17, 15) is 22.4 Å². The number of carbonyl (C=O) groups excluding carboxylic acids is 1. The highest BCUT2D eigenvalue weighted by molar-refractivity contribution is 7.14. The Morgan fingerprint density at radius 3 is 2.63 bits per heavy atom. The molecule has 160 valence electrons. The minimum Gasteiger partial charge on any atom is -0.347 e. The number of aryl methyl sites for hydroxylation is 2. The number of halogens is 4. The van der Waals surface area contributed by atoms with E-state index in [1.807, 2.05) is 0 Å². The molecule has 1 atom stereocenters. The van der Waals surface area contributed by atoms with E-state index < -0.39 is 29.5 Å². The molecule has 2 heterocycles. The lowest BCUT2D eigenvalue weighted by atomic mass is 9.99. The molecule has 3 N–H and O–H groups in total. The zero-order valence-corrected chi connectivity index (χ0v) is 17.1. The van der Waals surface area contributed by atoms with Gasteiger partial charge >= 0.3 is 6.18 Å². The first-order chi connectivity index (χ1) is 14.1. The molecule has 2 aromatic heterocycles. The summed E-state index contributed by atoms with van der Waals surface area (Å²) in [6.45, 7) is 1.72. The number of thiophene rings is 1. The summed E-state index contributed by atoms with van der Waals surface area (Å²) in [6.07, 6.45) is -3.47. The zero-order valence-electron chi connectivity index (χ0n) is 16.3. The smallest absolute Gasteiger partial charge is 0.347 e. The second-order valence-corrected chi connectivity index (χ2v) is 8.07. The predicted molar refractivity (Wildman–Crippen MR) is 107 cm³/mol. The number of nitrogens with two attached hydrogens (primary N) is 1. The van der Waals surface area contributed by atoms with E-state index in [1.54, 1.807) is 20.0 Å². The molecule has 0 radical (unpaired) electrons. The monoisotopic (exact) mass is 440 g/mol. The number of hydrogen-bond donors (Lipinski definition) is 2. The molecule has 0 saturated heterocycles. The highest BCUT2D eigenvalue weighted by Crippen LogP contribution is 2.33. The maximum Gasteiger partial charge on any atom is 0.416 e. The Bertz CT molecular complexity index is 1040. The highest BCUT2D eigenvalue weighted by Gasteiger charge is 2.33. The van der Waals surface area contributed by atoms with Crippen molar-refractivity contribution in [2.45, 2.75) is 25.6 Å². The van der Waals surface area contributed by atoms with E-state index in [-0.39, 0.29) is 24.2 Å². The van der Waals surface area contributed by atoms with Crippen molar-refractivity contribution in [3.8, 4) is 11.3 Å². The molecule has 10 heteroatoms. The Labute approximate surface area is 174 Å². The SMILES string of the molecule is Cc1sc(C(=O)NC(CN)Cc2ccccc2C(F)(F)F)cc1-c1c(F)cnn1C. The fourth-order valence-electron chi connectivity index (χ4n) is 3.23. The fourth-order valence-corrected chi connectivity index (χ4v) is 4.16. The average molecular weight is 440 g/mol. The number of rotatable bonds is 6. The van der Waals surface area contributed by atoms with Crippen molar-refractivity contribution in [3.05, 3.63) is 63.2 Å². The van der Waals surface area contributed by atoms with Crippen molar-refractivity contribution in [2.75, 3.05) is 6.54 Å². The quantitative estimate of drug-likeness (QED) is 0.571. The van der Waals surface area contributed by atoms with Crippen LogP contribution in [0, 0.1) is 12.7 Å². The molecule has 0 spiro atoms. The lowest BCUT2D eigenvalue weighted by molar-refractivity contribution is -0.138. The standard InChI is InChI=1S/C20H20F4N4OS/c1-11-14(18-16(21)10-26-28(18)2)8-17(30-11)19(29)27-13(9-25)7-12-5-3-4-6-15(12)20(22,23)24/h3-6,8,10,13H,7,9,25H2,1-2H3,(H,27,29). The van der Waals surface area contributed by atoms with Gasteiger partial charge in [-0.05, 0) is 31.0 Å². The Hall–Kier alpha value is -2.72. The molecule has 3 rings (SSSR count). The third-order valence-corrected chi connectivity index (χ3v) is 5.75. The van der Waals surface area contributed by atoms with Gasteiger partial charge in [0, 0.05) is 30.1 Å². The van der Waals surface area contributed by atoms with Crippen LogP contribution in [0.3, 0.4) is 0 Å². The molecule has 0 aliphatic carbocycles. The van der Waals surface area contributed by atoms with Crippen LogP contribution in [0.2, 0.25) is 0 Å². The number of nitrogens with one attached hydrogen (secondary N) is 1. The first-order valence-electron chi connectivity index (χ1n) is 9.06. The summed E-state index contributed by atoms with van der Waals surface area (Å²) in [4.78, 5) is 13.7. The van der Waals surface area contributed by atoms with Gasteiger partial charge in [0.25, 0.3) is 5.91 Å². The van der Waals surface area contributed by atoms with Crippen molar-refractivity contribution in [1.29, 1.82) is 0 Å². The predicted octanol–water partition coefficient (Wildman–Crippen LogP) is 3.91. The average Bonchev–Trinajstić information content (AvgIpc) is 3.22. The number of amides is 1. The summed E-state index contributed by atoms with van der Waals surface area (Å²) in [5.74, 6) is -0.981. The number of aromatic nitrogens is 2. The lowest BCUT2D eigenvalue weighted by Crippen LogP contribution is -2.41. The second kappa shape index (κ2) is 8.57. The van der Waals surface area contributed by atoms with Crippen molar-refractivity contribution in [2.24, 2.45) is 12.8 Å². The van der Waals surface area contributed by atoms with E-state index in [2.05, 4.69) is 10.4 Å². The molecule has 0 aliphatic rings. The molecule has 5 nitrogen and oxygen atoms in total. The summed E-state index contributed by atoms with van der Waals surface area (Å²) in [6, 6.07) is 6.05. The lowest BCUT2D eigenvalue weighted by Gasteiger charge is -2.19. The Morgan fingerprint density at radius 1 is 1.33 bits per heavy atom. The summed E-state index contributed by atoms with van der Waals surface area (Å²) in [5, 5.41) is 6.55.